The molecule has 0 heterocycles. The van der Waals surface area contributed by atoms with Crippen LogP contribution in [0.15, 0.2) is 22.7 Å². The monoisotopic (exact) mass is 286 g/mol. The van der Waals surface area contributed by atoms with Crippen LogP contribution in [0.25, 0.3) is 6.08 Å². The quantitative estimate of drug-likeness (QED) is 0.865. The summed E-state index contributed by atoms with van der Waals surface area (Å²) in [6, 6.07) is 3.48. The molecule has 0 aliphatic rings. The first kappa shape index (κ1) is 12.6. The van der Waals surface area contributed by atoms with E-state index in [2.05, 4.69) is 15.9 Å². The highest BCUT2D eigenvalue weighted by Gasteiger charge is 2.09. The van der Waals surface area contributed by atoms with Gasteiger partial charge in [0.2, 0.25) is 0 Å². The number of aliphatic carboxylic acids is 1. The second kappa shape index (κ2) is 5.55. The molecular formula is C11H11BrO4. The standard InChI is InChI=1S/C11H11BrO4/c1-15-9-5-7(12)6-10(16-2)8(9)3-4-11(13)14/h3-6H,1-2H3,(H,13,14). The summed E-state index contributed by atoms with van der Waals surface area (Å²) in [7, 11) is 3.03. The minimum Gasteiger partial charge on any atom is -0.496 e. The molecule has 5 heteroatoms. The minimum atomic E-state index is -1.02. The van der Waals surface area contributed by atoms with E-state index in [1.807, 2.05) is 0 Å². The minimum absolute atomic E-state index is 0.545. The first-order valence-corrected chi connectivity index (χ1v) is 5.20. The van der Waals surface area contributed by atoms with Crippen LogP contribution in [0, 0.1) is 0 Å². The van der Waals surface area contributed by atoms with Gasteiger partial charge in [0.1, 0.15) is 11.5 Å². The second-order valence-corrected chi connectivity index (χ2v) is 3.81. The first-order chi connectivity index (χ1) is 7.58. The van der Waals surface area contributed by atoms with Crippen molar-refractivity contribution in [2.45, 2.75) is 0 Å². The molecule has 4 nitrogen and oxygen atoms in total. The predicted molar refractivity (Wildman–Crippen MR) is 63.9 cm³/mol. The third-order valence-electron chi connectivity index (χ3n) is 1.90. The van der Waals surface area contributed by atoms with E-state index in [1.54, 1.807) is 12.1 Å². The van der Waals surface area contributed by atoms with Crippen molar-refractivity contribution >= 4 is 28.0 Å². The number of benzene rings is 1. The SMILES string of the molecule is COc1cc(Br)cc(OC)c1C=CC(=O)O. The Morgan fingerprint density at radius 1 is 1.31 bits per heavy atom. The molecule has 0 bridgehead atoms. The van der Waals surface area contributed by atoms with Crippen molar-refractivity contribution in [3.05, 3.63) is 28.2 Å². The smallest absolute Gasteiger partial charge is 0.328 e. The Balaban J connectivity index is 3.27. The Bertz CT molecular complexity index is 401. The summed E-state index contributed by atoms with van der Waals surface area (Å²) in [6.45, 7) is 0. The van der Waals surface area contributed by atoms with Crippen LogP contribution in [0.2, 0.25) is 0 Å². The lowest BCUT2D eigenvalue weighted by Crippen LogP contribution is -1.94. The Kier molecular flexibility index (Phi) is 4.37. The van der Waals surface area contributed by atoms with E-state index in [9.17, 15) is 4.79 Å². The molecule has 0 saturated heterocycles. The molecular weight excluding hydrogens is 276 g/mol. The Hall–Kier alpha value is -1.49. The average molecular weight is 287 g/mol. The average Bonchev–Trinajstić information content (AvgIpc) is 2.25. The van der Waals surface area contributed by atoms with Crippen LogP contribution in [-0.4, -0.2) is 25.3 Å². The first-order valence-electron chi connectivity index (χ1n) is 4.41. The third kappa shape index (κ3) is 3.00. The maximum atomic E-state index is 10.5. The number of hydrogen-bond donors (Lipinski definition) is 1. The number of methoxy groups -OCH3 is 2. The highest BCUT2D eigenvalue weighted by atomic mass is 79.9. The normalized spacial score (nSPS) is 10.4. The largest absolute Gasteiger partial charge is 0.496 e. The highest BCUT2D eigenvalue weighted by Crippen LogP contribution is 2.33. The molecule has 86 valence electrons. The number of carboxylic acid groups (broad SMARTS) is 1. The Labute approximate surface area is 102 Å². The van der Waals surface area contributed by atoms with Gasteiger partial charge in [-0.25, -0.2) is 4.79 Å². The summed E-state index contributed by atoms with van der Waals surface area (Å²) in [5.41, 5.74) is 0.593. The maximum absolute atomic E-state index is 10.5. The zero-order chi connectivity index (χ0) is 12.1. The number of hydrogen-bond acceptors (Lipinski definition) is 3. The molecule has 0 spiro atoms. The zero-order valence-electron chi connectivity index (χ0n) is 8.86. The van der Waals surface area contributed by atoms with Crippen molar-refractivity contribution in [3.8, 4) is 11.5 Å². The van der Waals surface area contributed by atoms with Crippen molar-refractivity contribution in [1.82, 2.24) is 0 Å². The van der Waals surface area contributed by atoms with Gasteiger partial charge in [0.15, 0.2) is 0 Å². The Morgan fingerprint density at radius 2 is 1.81 bits per heavy atom. The molecule has 1 aromatic rings. The fourth-order valence-corrected chi connectivity index (χ4v) is 1.64. The lowest BCUT2D eigenvalue weighted by Gasteiger charge is -2.10. The lowest BCUT2D eigenvalue weighted by molar-refractivity contribution is -0.131. The van der Waals surface area contributed by atoms with E-state index in [4.69, 9.17) is 14.6 Å². The van der Waals surface area contributed by atoms with Gasteiger partial charge in [-0.05, 0) is 18.2 Å². The molecule has 0 aromatic heterocycles. The maximum Gasteiger partial charge on any atom is 0.328 e. The van der Waals surface area contributed by atoms with Gasteiger partial charge in [0, 0.05) is 10.5 Å². The van der Waals surface area contributed by atoms with Crippen molar-refractivity contribution < 1.29 is 19.4 Å². The van der Waals surface area contributed by atoms with E-state index in [-0.39, 0.29) is 0 Å². The number of carbonyl (C=O) groups is 1. The van der Waals surface area contributed by atoms with Gasteiger partial charge in [0.25, 0.3) is 0 Å². The van der Waals surface area contributed by atoms with Gasteiger partial charge in [0.05, 0.1) is 19.8 Å². The Morgan fingerprint density at radius 3 is 2.19 bits per heavy atom. The van der Waals surface area contributed by atoms with Crippen LogP contribution in [0.3, 0.4) is 0 Å². The van der Waals surface area contributed by atoms with Crippen molar-refractivity contribution in [2.24, 2.45) is 0 Å². The summed E-state index contributed by atoms with van der Waals surface area (Å²) in [6.07, 6.45) is 2.47. The molecule has 1 rings (SSSR count). The molecule has 0 saturated carbocycles. The van der Waals surface area contributed by atoms with E-state index in [1.165, 1.54) is 20.3 Å². The fourth-order valence-electron chi connectivity index (χ4n) is 1.23. The number of rotatable bonds is 4. The summed E-state index contributed by atoms with van der Waals surface area (Å²) < 4.78 is 11.1. The van der Waals surface area contributed by atoms with Crippen molar-refractivity contribution in [1.29, 1.82) is 0 Å². The van der Waals surface area contributed by atoms with Gasteiger partial charge < -0.3 is 14.6 Å². The number of ether oxygens (including phenoxy) is 2. The molecule has 0 fully saturated rings. The van der Waals surface area contributed by atoms with Crippen LogP contribution < -0.4 is 9.47 Å². The van der Waals surface area contributed by atoms with E-state index in [0.717, 1.165) is 10.5 Å². The molecule has 1 N–H and O–H groups in total. The predicted octanol–water partition coefficient (Wildman–Crippen LogP) is 2.56. The molecule has 0 aliphatic heterocycles. The second-order valence-electron chi connectivity index (χ2n) is 2.90. The van der Waals surface area contributed by atoms with E-state index in [0.29, 0.717) is 17.1 Å². The van der Waals surface area contributed by atoms with Crippen LogP contribution in [0.1, 0.15) is 5.56 Å². The summed E-state index contributed by atoms with van der Waals surface area (Å²) in [5, 5.41) is 8.58. The third-order valence-corrected chi connectivity index (χ3v) is 2.36. The molecule has 0 amide bonds. The van der Waals surface area contributed by atoms with E-state index < -0.39 is 5.97 Å². The molecule has 16 heavy (non-hydrogen) atoms. The molecule has 0 atom stereocenters. The molecule has 1 aromatic carbocycles. The van der Waals surface area contributed by atoms with Gasteiger partial charge in [-0.3, -0.25) is 0 Å². The molecule has 0 aliphatic carbocycles. The zero-order valence-corrected chi connectivity index (χ0v) is 10.4. The summed E-state index contributed by atoms with van der Waals surface area (Å²) >= 11 is 3.31. The van der Waals surface area contributed by atoms with Crippen molar-refractivity contribution in [2.75, 3.05) is 14.2 Å². The topological polar surface area (TPSA) is 55.8 Å². The molecule has 0 unspecified atom stereocenters. The van der Waals surface area contributed by atoms with Gasteiger partial charge in [-0.2, -0.15) is 0 Å². The summed E-state index contributed by atoms with van der Waals surface area (Å²) in [5.74, 6) is 0.0690. The van der Waals surface area contributed by atoms with Crippen LogP contribution >= 0.6 is 15.9 Å². The van der Waals surface area contributed by atoms with Crippen LogP contribution in [0.4, 0.5) is 0 Å². The van der Waals surface area contributed by atoms with Gasteiger partial charge in [-0.15, -0.1) is 0 Å². The van der Waals surface area contributed by atoms with Gasteiger partial charge >= 0.3 is 5.97 Å². The highest BCUT2D eigenvalue weighted by molar-refractivity contribution is 9.10. The number of halogens is 1. The van der Waals surface area contributed by atoms with Crippen LogP contribution in [-0.2, 0) is 4.79 Å². The number of carboxylic acids is 1. The fraction of sp³-hybridized carbons (Fsp3) is 0.182. The molecule has 0 radical (unpaired) electrons. The lowest BCUT2D eigenvalue weighted by atomic mass is 10.1. The van der Waals surface area contributed by atoms with Gasteiger partial charge in [-0.1, -0.05) is 15.9 Å². The van der Waals surface area contributed by atoms with E-state index >= 15 is 0 Å². The van der Waals surface area contributed by atoms with Crippen LogP contribution in [0.5, 0.6) is 11.5 Å². The summed E-state index contributed by atoms with van der Waals surface area (Å²) in [4.78, 5) is 10.5. The van der Waals surface area contributed by atoms with Crippen molar-refractivity contribution in [3.63, 3.8) is 0 Å².